The number of likely N-dealkylation sites (tertiary alicyclic amines) is 1. The van der Waals surface area contributed by atoms with Crippen molar-refractivity contribution in [1.82, 2.24) is 20.1 Å². The summed E-state index contributed by atoms with van der Waals surface area (Å²) >= 11 is 0. The number of aromatic amines is 1. The minimum atomic E-state index is -0.161. The highest BCUT2D eigenvalue weighted by Gasteiger charge is 2.31. The smallest absolute Gasteiger partial charge is 0.251 e. The largest absolute Gasteiger partial charge is 0.365 e. The van der Waals surface area contributed by atoms with E-state index in [-0.39, 0.29) is 24.5 Å². The molecule has 0 spiro atoms. The number of ether oxygens (including phenoxy) is 1. The van der Waals surface area contributed by atoms with Gasteiger partial charge in [-0.2, -0.15) is 0 Å². The fourth-order valence-corrected chi connectivity index (χ4v) is 4.81. The summed E-state index contributed by atoms with van der Waals surface area (Å²) in [5.74, 6) is 1.46. The van der Waals surface area contributed by atoms with Crippen LogP contribution in [-0.4, -0.2) is 78.6 Å². The van der Waals surface area contributed by atoms with Gasteiger partial charge in [-0.1, -0.05) is 6.07 Å². The van der Waals surface area contributed by atoms with Gasteiger partial charge >= 0.3 is 0 Å². The normalized spacial score (nSPS) is 23.4. The van der Waals surface area contributed by atoms with Crippen molar-refractivity contribution in [3.63, 3.8) is 0 Å². The highest BCUT2D eigenvalue weighted by molar-refractivity contribution is 5.97. The molecule has 3 heterocycles. The van der Waals surface area contributed by atoms with Crippen molar-refractivity contribution in [2.45, 2.75) is 31.8 Å². The minimum absolute atomic E-state index is 0.0696. The van der Waals surface area contributed by atoms with E-state index in [1.54, 1.807) is 0 Å². The minimum Gasteiger partial charge on any atom is -0.365 e. The Balaban J connectivity index is 1.09. The Morgan fingerprint density at radius 1 is 1.10 bits per heavy atom. The van der Waals surface area contributed by atoms with Crippen LogP contribution in [0.5, 0.6) is 0 Å². The van der Waals surface area contributed by atoms with E-state index in [2.05, 4.69) is 15.2 Å². The van der Waals surface area contributed by atoms with Crippen LogP contribution in [0.1, 0.15) is 36.0 Å². The molecule has 3 aliphatic rings. The monoisotopic (exact) mass is 424 g/mol. The molecule has 1 aromatic carbocycles. The highest BCUT2D eigenvalue weighted by Crippen LogP contribution is 2.31. The van der Waals surface area contributed by atoms with Gasteiger partial charge in [-0.05, 0) is 74.2 Å². The number of carbonyl (C=O) groups excluding carboxylic acids is 2. The van der Waals surface area contributed by atoms with Crippen molar-refractivity contribution < 1.29 is 14.3 Å². The lowest BCUT2D eigenvalue weighted by Gasteiger charge is -2.38. The number of fused-ring (bicyclic) bond motifs is 1. The first-order valence-corrected chi connectivity index (χ1v) is 11.6. The van der Waals surface area contributed by atoms with Crippen LogP contribution in [0.4, 0.5) is 0 Å². The molecule has 2 aliphatic heterocycles. The number of carbonyl (C=O) groups is 2. The quantitative estimate of drug-likeness (QED) is 0.715. The Labute approximate surface area is 183 Å². The van der Waals surface area contributed by atoms with Crippen LogP contribution in [0.3, 0.4) is 0 Å². The zero-order chi connectivity index (χ0) is 21.2. The fourth-order valence-electron chi connectivity index (χ4n) is 4.81. The number of piperidine rings is 1. The van der Waals surface area contributed by atoms with Crippen LogP contribution in [-0.2, 0) is 9.53 Å². The average Bonchev–Trinajstić information content (AvgIpc) is 3.47. The molecule has 2 amide bonds. The third-order valence-electron chi connectivity index (χ3n) is 6.93. The van der Waals surface area contributed by atoms with Crippen LogP contribution in [0, 0.1) is 11.8 Å². The van der Waals surface area contributed by atoms with E-state index in [0.29, 0.717) is 24.6 Å². The number of nitrogens with zero attached hydrogens (tertiary/aromatic N) is 2. The number of rotatable bonds is 7. The van der Waals surface area contributed by atoms with Gasteiger partial charge in [-0.3, -0.25) is 9.59 Å². The van der Waals surface area contributed by atoms with Crippen molar-refractivity contribution in [3.05, 3.63) is 36.0 Å². The number of nitrogens with one attached hydrogen (secondary N) is 2. The van der Waals surface area contributed by atoms with Crippen LogP contribution in [0.2, 0.25) is 0 Å². The van der Waals surface area contributed by atoms with Gasteiger partial charge in [0.25, 0.3) is 5.91 Å². The van der Waals surface area contributed by atoms with Gasteiger partial charge < -0.3 is 24.8 Å². The van der Waals surface area contributed by atoms with E-state index in [4.69, 9.17) is 4.74 Å². The second-order valence-corrected chi connectivity index (χ2v) is 9.41. The molecule has 166 valence electrons. The van der Waals surface area contributed by atoms with E-state index in [1.807, 2.05) is 35.4 Å². The Bertz CT molecular complexity index is 930. The Hall–Kier alpha value is -2.38. The summed E-state index contributed by atoms with van der Waals surface area (Å²) in [6, 6.07) is 7.61. The number of amides is 2. The first kappa shape index (κ1) is 20.5. The summed E-state index contributed by atoms with van der Waals surface area (Å²) in [6.45, 7) is 5.46. The molecule has 0 bridgehead atoms. The van der Waals surface area contributed by atoms with Gasteiger partial charge in [0.15, 0.2) is 0 Å². The van der Waals surface area contributed by atoms with Crippen molar-refractivity contribution in [1.29, 1.82) is 0 Å². The van der Waals surface area contributed by atoms with Gasteiger partial charge in [0.2, 0.25) is 5.91 Å². The molecule has 2 N–H and O–H groups in total. The van der Waals surface area contributed by atoms with Gasteiger partial charge in [-0.25, -0.2) is 0 Å². The number of benzene rings is 1. The lowest BCUT2D eigenvalue weighted by Crippen LogP contribution is -2.52. The maximum atomic E-state index is 12.6. The first-order chi connectivity index (χ1) is 15.1. The molecule has 0 radical (unpaired) electrons. The fraction of sp³-hybridized carbons (Fsp3) is 0.583. The number of morpholine rings is 1. The zero-order valence-corrected chi connectivity index (χ0v) is 18.0. The SMILES string of the molecule is O=C(NCC1CN(CC2CCN(CC3CC3)CC2)C(=O)CO1)c1ccc2cc[nH]c2c1. The molecule has 1 atom stereocenters. The zero-order valence-electron chi connectivity index (χ0n) is 18.0. The summed E-state index contributed by atoms with van der Waals surface area (Å²) in [5, 5.41) is 4.06. The molecule has 3 fully saturated rings. The lowest BCUT2D eigenvalue weighted by molar-refractivity contribution is -0.149. The molecule has 2 saturated heterocycles. The molecule has 7 nitrogen and oxygen atoms in total. The average molecular weight is 425 g/mol. The standard InChI is InChI=1S/C24H32N4O3/c29-23-16-31-21(12-26-24(30)20-4-3-19-5-8-25-22(19)11-20)15-28(23)14-18-6-9-27(10-7-18)13-17-1-2-17/h3-5,8,11,17-18,21,25H,1-2,6-7,9-10,12-16H2,(H,26,30). The Morgan fingerprint density at radius 2 is 1.90 bits per heavy atom. The van der Waals surface area contributed by atoms with E-state index in [1.165, 1.54) is 32.2 Å². The molecule has 7 heteroatoms. The van der Waals surface area contributed by atoms with Crippen LogP contribution in [0.15, 0.2) is 30.5 Å². The van der Waals surface area contributed by atoms with E-state index in [0.717, 1.165) is 36.5 Å². The third kappa shape index (κ3) is 5.10. The highest BCUT2D eigenvalue weighted by atomic mass is 16.5. The van der Waals surface area contributed by atoms with Crippen molar-refractivity contribution >= 4 is 22.7 Å². The second-order valence-electron chi connectivity index (χ2n) is 9.41. The maximum absolute atomic E-state index is 12.6. The van der Waals surface area contributed by atoms with Crippen molar-refractivity contribution in [3.8, 4) is 0 Å². The summed E-state index contributed by atoms with van der Waals surface area (Å²) in [7, 11) is 0. The number of hydrogen-bond acceptors (Lipinski definition) is 4. The van der Waals surface area contributed by atoms with Gasteiger partial charge in [0.1, 0.15) is 6.61 Å². The lowest BCUT2D eigenvalue weighted by atomic mass is 9.95. The van der Waals surface area contributed by atoms with Gasteiger partial charge in [0.05, 0.1) is 6.10 Å². The summed E-state index contributed by atoms with van der Waals surface area (Å²) in [5.41, 5.74) is 1.57. The molecule has 1 aliphatic carbocycles. The maximum Gasteiger partial charge on any atom is 0.251 e. The van der Waals surface area contributed by atoms with E-state index in [9.17, 15) is 9.59 Å². The Morgan fingerprint density at radius 3 is 2.71 bits per heavy atom. The van der Waals surface area contributed by atoms with E-state index >= 15 is 0 Å². The van der Waals surface area contributed by atoms with Crippen molar-refractivity contribution in [2.75, 3.05) is 45.9 Å². The summed E-state index contributed by atoms with van der Waals surface area (Å²) < 4.78 is 5.70. The van der Waals surface area contributed by atoms with Crippen LogP contribution >= 0.6 is 0 Å². The van der Waals surface area contributed by atoms with Gasteiger partial charge in [-0.15, -0.1) is 0 Å². The number of hydrogen-bond donors (Lipinski definition) is 2. The molecular weight excluding hydrogens is 392 g/mol. The first-order valence-electron chi connectivity index (χ1n) is 11.6. The predicted octanol–water partition coefficient (Wildman–Crippen LogP) is 2.25. The molecular formula is C24H32N4O3. The predicted molar refractivity (Wildman–Crippen MR) is 119 cm³/mol. The second kappa shape index (κ2) is 9.01. The third-order valence-corrected chi connectivity index (χ3v) is 6.93. The molecule has 2 aromatic rings. The van der Waals surface area contributed by atoms with Crippen molar-refractivity contribution in [2.24, 2.45) is 11.8 Å². The molecule has 1 unspecified atom stereocenters. The van der Waals surface area contributed by atoms with Crippen LogP contribution in [0.25, 0.3) is 10.9 Å². The Kier molecular flexibility index (Phi) is 5.96. The molecule has 31 heavy (non-hydrogen) atoms. The topological polar surface area (TPSA) is 77.7 Å². The van der Waals surface area contributed by atoms with E-state index < -0.39 is 0 Å². The van der Waals surface area contributed by atoms with Crippen LogP contribution < -0.4 is 5.32 Å². The number of aromatic nitrogens is 1. The van der Waals surface area contributed by atoms with Gasteiger partial charge in [0, 0.05) is 43.5 Å². The molecule has 5 rings (SSSR count). The summed E-state index contributed by atoms with van der Waals surface area (Å²) in [6.07, 6.45) is 6.84. The number of H-pyrrole nitrogens is 1. The molecule has 1 saturated carbocycles. The summed E-state index contributed by atoms with van der Waals surface area (Å²) in [4.78, 5) is 32.6. The molecule has 1 aromatic heterocycles.